The Kier molecular flexibility index (Phi) is 4.78. The number of rotatable bonds is 3. The summed E-state index contributed by atoms with van der Waals surface area (Å²) in [5.41, 5.74) is 2.97. The molecule has 2 heterocycles. The zero-order chi connectivity index (χ0) is 17.9. The van der Waals surface area contributed by atoms with Gasteiger partial charge in [0.05, 0.1) is 0 Å². The van der Waals surface area contributed by atoms with Crippen molar-refractivity contribution in [3.05, 3.63) is 59.9 Å². The molecule has 2 aliphatic heterocycles. The number of carbonyl (C=O) groups excluding carboxylic acids is 1. The Hall–Kier alpha value is -2.56. The topological polar surface area (TPSA) is 26.8 Å². The van der Waals surface area contributed by atoms with Gasteiger partial charge in [-0.05, 0) is 61.4 Å². The van der Waals surface area contributed by atoms with Crippen LogP contribution in [0.15, 0.2) is 48.5 Å². The Morgan fingerprint density at radius 1 is 0.692 bits per heavy atom. The number of piperazine rings is 1. The summed E-state index contributed by atoms with van der Waals surface area (Å²) in [6.07, 6.45) is 2.50. The number of amides is 1. The zero-order valence-corrected chi connectivity index (χ0v) is 14.9. The van der Waals surface area contributed by atoms with E-state index in [0.717, 1.165) is 37.4 Å². The van der Waals surface area contributed by atoms with Gasteiger partial charge >= 0.3 is 0 Å². The lowest BCUT2D eigenvalue weighted by atomic mass is 10.1. The van der Waals surface area contributed by atoms with Crippen LogP contribution >= 0.6 is 0 Å². The van der Waals surface area contributed by atoms with E-state index in [4.69, 9.17) is 0 Å². The largest absolute Gasteiger partial charge is 0.372 e. The molecule has 0 bridgehead atoms. The Bertz CT molecular complexity index is 746. The summed E-state index contributed by atoms with van der Waals surface area (Å²) in [6.45, 7) is 5.12. The minimum Gasteiger partial charge on any atom is -0.372 e. The van der Waals surface area contributed by atoms with Gasteiger partial charge in [0.15, 0.2) is 0 Å². The highest BCUT2D eigenvalue weighted by molar-refractivity contribution is 5.94. The van der Waals surface area contributed by atoms with E-state index in [1.54, 1.807) is 12.1 Å². The number of hydrogen-bond donors (Lipinski definition) is 0. The second kappa shape index (κ2) is 7.36. The molecule has 4 nitrogen and oxygen atoms in total. The van der Waals surface area contributed by atoms with Crippen molar-refractivity contribution in [2.75, 3.05) is 49.1 Å². The fourth-order valence-electron chi connectivity index (χ4n) is 3.79. The predicted molar refractivity (Wildman–Crippen MR) is 102 cm³/mol. The summed E-state index contributed by atoms with van der Waals surface area (Å²) in [5, 5.41) is 0. The number of nitrogens with zero attached hydrogens (tertiary/aromatic N) is 3. The second-order valence-electron chi connectivity index (χ2n) is 7.00. The molecule has 0 N–H and O–H groups in total. The normalized spacial score (nSPS) is 17.7. The molecule has 26 heavy (non-hydrogen) atoms. The number of hydrogen-bond acceptors (Lipinski definition) is 3. The van der Waals surface area contributed by atoms with Crippen LogP contribution in [0.25, 0.3) is 0 Å². The van der Waals surface area contributed by atoms with Crippen molar-refractivity contribution >= 4 is 17.3 Å². The quantitative estimate of drug-likeness (QED) is 0.846. The maximum Gasteiger partial charge on any atom is 0.253 e. The van der Waals surface area contributed by atoms with Gasteiger partial charge in [0, 0.05) is 56.2 Å². The average molecular weight is 353 g/mol. The molecule has 0 unspecified atom stereocenters. The summed E-state index contributed by atoms with van der Waals surface area (Å²) in [6, 6.07) is 14.6. The first-order valence-electron chi connectivity index (χ1n) is 9.35. The van der Waals surface area contributed by atoms with Gasteiger partial charge in [-0.2, -0.15) is 0 Å². The van der Waals surface area contributed by atoms with Crippen LogP contribution in [0.1, 0.15) is 23.2 Å². The van der Waals surface area contributed by atoms with Crippen LogP contribution in [-0.4, -0.2) is 50.1 Å². The van der Waals surface area contributed by atoms with E-state index in [1.165, 1.54) is 30.7 Å². The summed E-state index contributed by atoms with van der Waals surface area (Å²) in [7, 11) is 0. The fourth-order valence-corrected chi connectivity index (χ4v) is 3.79. The van der Waals surface area contributed by atoms with Gasteiger partial charge in [-0.3, -0.25) is 4.79 Å². The molecule has 2 aromatic rings. The summed E-state index contributed by atoms with van der Waals surface area (Å²) in [5.74, 6) is -0.128. The molecule has 0 atom stereocenters. The van der Waals surface area contributed by atoms with Crippen LogP contribution in [-0.2, 0) is 0 Å². The molecule has 5 heteroatoms. The molecule has 2 aromatic carbocycles. The third kappa shape index (κ3) is 3.52. The molecule has 2 fully saturated rings. The molecule has 2 aliphatic rings. The fraction of sp³-hybridized carbons (Fsp3) is 0.381. The molecule has 2 saturated heterocycles. The van der Waals surface area contributed by atoms with E-state index in [-0.39, 0.29) is 11.7 Å². The van der Waals surface area contributed by atoms with E-state index in [9.17, 15) is 9.18 Å². The zero-order valence-electron chi connectivity index (χ0n) is 14.9. The Labute approximate surface area is 153 Å². The maximum absolute atomic E-state index is 13.1. The van der Waals surface area contributed by atoms with Gasteiger partial charge in [0.2, 0.25) is 0 Å². The first-order chi connectivity index (χ1) is 12.7. The lowest BCUT2D eigenvalue weighted by Gasteiger charge is -2.36. The first kappa shape index (κ1) is 16.9. The number of anilines is 2. The number of carbonyl (C=O) groups is 1. The van der Waals surface area contributed by atoms with Crippen molar-refractivity contribution < 1.29 is 9.18 Å². The van der Waals surface area contributed by atoms with Crippen molar-refractivity contribution in [2.45, 2.75) is 12.8 Å². The molecule has 0 aromatic heterocycles. The predicted octanol–water partition coefficient (Wildman–Crippen LogP) is 3.39. The van der Waals surface area contributed by atoms with Gasteiger partial charge in [0.1, 0.15) is 5.82 Å². The summed E-state index contributed by atoms with van der Waals surface area (Å²) >= 11 is 0. The van der Waals surface area contributed by atoms with Crippen molar-refractivity contribution in [2.24, 2.45) is 0 Å². The van der Waals surface area contributed by atoms with E-state index in [0.29, 0.717) is 13.1 Å². The maximum atomic E-state index is 13.1. The van der Waals surface area contributed by atoms with E-state index >= 15 is 0 Å². The molecular weight excluding hydrogens is 329 g/mol. The van der Waals surface area contributed by atoms with E-state index < -0.39 is 0 Å². The molecular formula is C21H24FN3O. The molecule has 0 spiro atoms. The van der Waals surface area contributed by atoms with Crippen LogP contribution in [0.4, 0.5) is 15.8 Å². The SMILES string of the molecule is O=C(c1ccc(N2CCCC2)cc1)N1CCN(c2ccc(F)cc2)CC1. The van der Waals surface area contributed by atoms with Crippen LogP contribution in [0.3, 0.4) is 0 Å². The number of halogens is 1. The molecule has 4 rings (SSSR count). The molecule has 136 valence electrons. The van der Waals surface area contributed by atoms with Crippen LogP contribution in [0, 0.1) is 5.82 Å². The van der Waals surface area contributed by atoms with E-state index in [2.05, 4.69) is 21.9 Å². The monoisotopic (exact) mass is 353 g/mol. The smallest absolute Gasteiger partial charge is 0.253 e. The minimum absolute atomic E-state index is 0.0942. The summed E-state index contributed by atoms with van der Waals surface area (Å²) < 4.78 is 13.1. The van der Waals surface area contributed by atoms with Crippen molar-refractivity contribution in [1.29, 1.82) is 0 Å². The standard InChI is InChI=1S/C21H24FN3O/c22-18-5-9-20(10-6-18)24-13-15-25(16-14-24)21(26)17-3-7-19(8-4-17)23-11-1-2-12-23/h3-10H,1-2,11-16H2. The Morgan fingerprint density at radius 3 is 1.77 bits per heavy atom. The third-order valence-electron chi connectivity index (χ3n) is 5.34. The molecule has 0 aliphatic carbocycles. The summed E-state index contributed by atoms with van der Waals surface area (Å²) in [4.78, 5) is 19.2. The minimum atomic E-state index is -0.222. The second-order valence-corrected chi connectivity index (χ2v) is 7.00. The highest BCUT2D eigenvalue weighted by Crippen LogP contribution is 2.22. The van der Waals surface area contributed by atoms with Gasteiger partial charge in [-0.1, -0.05) is 0 Å². The van der Waals surface area contributed by atoms with Crippen LogP contribution < -0.4 is 9.80 Å². The highest BCUT2D eigenvalue weighted by atomic mass is 19.1. The lowest BCUT2D eigenvalue weighted by molar-refractivity contribution is 0.0747. The Balaban J connectivity index is 1.36. The van der Waals surface area contributed by atoms with Gasteiger partial charge in [-0.15, -0.1) is 0 Å². The van der Waals surface area contributed by atoms with Crippen molar-refractivity contribution in [3.63, 3.8) is 0 Å². The van der Waals surface area contributed by atoms with Crippen LogP contribution in [0.5, 0.6) is 0 Å². The molecule has 0 saturated carbocycles. The van der Waals surface area contributed by atoms with Gasteiger partial charge in [0.25, 0.3) is 5.91 Å². The van der Waals surface area contributed by atoms with Gasteiger partial charge in [-0.25, -0.2) is 4.39 Å². The average Bonchev–Trinajstić information content (AvgIpc) is 3.23. The van der Waals surface area contributed by atoms with E-state index in [1.807, 2.05) is 17.0 Å². The number of benzene rings is 2. The third-order valence-corrected chi connectivity index (χ3v) is 5.34. The molecule has 0 radical (unpaired) electrons. The molecule has 1 amide bonds. The van der Waals surface area contributed by atoms with Crippen molar-refractivity contribution in [3.8, 4) is 0 Å². The Morgan fingerprint density at radius 2 is 1.19 bits per heavy atom. The highest BCUT2D eigenvalue weighted by Gasteiger charge is 2.22. The van der Waals surface area contributed by atoms with Gasteiger partial charge < -0.3 is 14.7 Å². The first-order valence-corrected chi connectivity index (χ1v) is 9.35. The van der Waals surface area contributed by atoms with Crippen LogP contribution in [0.2, 0.25) is 0 Å². The lowest BCUT2D eigenvalue weighted by Crippen LogP contribution is -2.48. The van der Waals surface area contributed by atoms with Crippen molar-refractivity contribution in [1.82, 2.24) is 4.90 Å².